The number of pyridine rings is 1. The Hall–Kier alpha value is -2.94. The van der Waals surface area contributed by atoms with E-state index in [1.54, 1.807) is 17.0 Å². The van der Waals surface area contributed by atoms with E-state index in [0.29, 0.717) is 18.0 Å². The number of amides is 2. The van der Waals surface area contributed by atoms with Gasteiger partial charge in [0.05, 0.1) is 6.61 Å². The average molecular weight is 515 g/mol. The molecule has 1 aromatic heterocycles. The van der Waals surface area contributed by atoms with Crippen molar-refractivity contribution in [3.63, 3.8) is 0 Å². The highest BCUT2D eigenvalue weighted by Gasteiger charge is 2.43. The molecule has 7 heteroatoms. The minimum absolute atomic E-state index is 0. The maximum Gasteiger partial charge on any atom is 0.294 e. The molecule has 3 aromatic rings. The van der Waals surface area contributed by atoms with Gasteiger partial charge in [-0.1, -0.05) is 24.3 Å². The van der Waals surface area contributed by atoms with E-state index in [2.05, 4.69) is 5.32 Å². The minimum atomic E-state index is -0.772. The van der Waals surface area contributed by atoms with Crippen LogP contribution >= 0.6 is 0 Å². The zero-order chi connectivity index (χ0) is 20.2. The van der Waals surface area contributed by atoms with Gasteiger partial charge < -0.3 is 34.0 Å². The van der Waals surface area contributed by atoms with Crippen LogP contribution < -0.4 is 43.5 Å². The Morgan fingerprint density at radius 1 is 1.07 bits per heavy atom. The van der Waals surface area contributed by atoms with Crippen LogP contribution in [0.25, 0.3) is 0 Å². The molecule has 2 aromatic carbocycles. The standard InChI is InChI=1S/C23H21N3O3.HI/c1-2-29-19-13-11-17(12-14-19)24-23(28)22-20-10-6-7-15-25(20)16-21(27)26(22)18-8-4-3-5-9-18;/h3-15,22H,2,16H2,1H3;1H. The number of nitrogens with one attached hydrogen (secondary N) is 1. The maximum absolute atomic E-state index is 13.3. The lowest BCUT2D eigenvalue weighted by atomic mass is 10.0. The van der Waals surface area contributed by atoms with E-state index in [1.165, 1.54) is 0 Å². The molecule has 0 saturated heterocycles. The Kier molecular flexibility index (Phi) is 7.04. The van der Waals surface area contributed by atoms with E-state index < -0.39 is 6.04 Å². The second kappa shape index (κ2) is 9.71. The number of nitrogens with zero attached hydrogens (tertiary/aromatic N) is 2. The van der Waals surface area contributed by atoms with E-state index in [0.717, 1.165) is 11.4 Å². The monoisotopic (exact) mass is 515 g/mol. The molecule has 2 heterocycles. The normalized spacial score (nSPS) is 15.0. The molecule has 30 heavy (non-hydrogen) atoms. The molecular formula is C23H22IN3O3. The Morgan fingerprint density at radius 2 is 1.77 bits per heavy atom. The summed E-state index contributed by atoms with van der Waals surface area (Å²) in [6.07, 6.45) is 1.83. The second-order valence-electron chi connectivity index (χ2n) is 6.70. The van der Waals surface area contributed by atoms with Crippen LogP contribution in [0.2, 0.25) is 0 Å². The van der Waals surface area contributed by atoms with E-state index in [9.17, 15) is 9.59 Å². The van der Waals surface area contributed by atoms with Gasteiger partial charge in [0.25, 0.3) is 11.8 Å². The topological polar surface area (TPSA) is 62.5 Å². The molecule has 0 spiro atoms. The summed E-state index contributed by atoms with van der Waals surface area (Å²) in [5.74, 6) is 0.336. The highest BCUT2D eigenvalue weighted by molar-refractivity contribution is 6.05. The molecule has 0 saturated carbocycles. The van der Waals surface area contributed by atoms with Crippen molar-refractivity contribution in [1.29, 1.82) is 0 Å². The van der Waals surface area contributed by atoms with Crippen molar-refractivity contribution in [2.45, 2.75) is 19.5 Å². The number of para-hydroxylation sites is 1. The first-order chi connectivity index (χ1) is 14.2. The number of hydrogen-bond donors (Lipinski definition) is 1. The number of carbonyl (C=O) groups excluding carboxylic acids is 2. The van der Waals surface area contributed by atoms with Crippen molar-refractivity contribution in [1.82, 2.24) is 0 Å². The van der Waals surface area contributed by atoms with Gasteiger partial charge in [-0.2, -0.15) is 4.57 Å². The molecule has 1 atom stereocenters. The molecule has 6 nitrogen and oxygen atoms in total. The maximum atomic E-state index is 13.3. The van der Waals surface area contributed by atoms with Crippen LogP contribution in [0.1, 0.15) is 18.7 Å². The molecule has 1 aliphatic rings. The van der Waals surface area contributed by atoms with Gasteiger partial charge in [0.15, 0.2) is 6.20 Å². The quantitative estimate of drug-likeness (QED) is 0.388. The van der Waals surface area contributed by atoms with E-state index >= 15 is 0 Å². The summed E-state index contributed by atoms with van der Waals surface area (Å²) < 4.78 is 7.27. The number of carbonyl (C=O) groups is 2. The summed E-state index contributed by atoms with van der Waals surface area (Å²) in [4.78, 5) is 27.8. The number of benzene rings is 2. The third-order valence-electron chi connectivity index (χ3n) is 4.80. The lowest BCUT2D eigenvalue weighted by Gasteiger charge is -2.32. The van der Waals surface area contributed by atoms with Crippen molar-refractivity contribution in [3.8, 4) is 5.75 Å². The summed E-state index contributed by atoms with van der Waals surface area (Å²) in [7, 11) is 0. The Balaban J connectivity index is 0.00000256. The molecule has 1 N–H and O–H groups in total. The zero-order valence-corrected chi connectivity index (χ0v) is 18.7. The molecule has 0 radical (unpaired) electrons. The number of halogens is 1. The van der Waals surface area contributed by atoms with Crippen LogP contribution in [0, 0.1) is 0 Å². The van der Waals surface area contributed by atoms with Crippen molar-refractivity contribution in [2.75, 3.05) is 16.8 Å². The first kappa shape index (κ1) is 21.8. The summed E-state index contributed by atoms with van der Waals surface area (Å²) >= 11 is 0. The van der Waals surface area contributed by atoms with Crippen molar-refractivity contribution in [2.24, 2.45) is 0 Å². The fraction of sp³-hybridized carbons (Fsp3) is 0.174. The van der Waals surface area contributed by atoms with Gasteiger partial charge in [0, 0.05) is 23.5 Å². The molecule has 4 rings (SSSR count). The SMILES string of the molecule is CCOc1ccc(NC(=O)C2c3cccc[n+]3CC(=O)N2c2ccccc2)cc1.[I-]. The molecule has 154 valence electrons. The molecule has 1 unspecified atom stereocenters. The number of hydrogen-bond acceptors (Lipinski definition) is 3. The summed E-state index contributed by atoms with van der Waals surface area (Å²) in [6.45, 7) is 2.69. The fourth-order valence-electron chi connectivity index (χ4n) is 3.52. The molecular weight excluding hydrogens is 493 g/mol. The van der Waals surface area contributed by atoms with Crippen LogP contribution in [-0.2, 0) is 16.1 Å². The van der Waals surface area contributed by atoms with Crippen LogP contribution in [0.5, 0.6) is 5.75 Å². The van der Waals surface area contributed by atoms with Crippen molar-refractivity contribution >= 4 is 23.2 Å². The number of rotatable bonds is 5. The van der Waals surface area contributed by atoms with E-state index in [-0.39, 0.29) is 42.3 Å². The average Bonchev–Trinajstić information content (AvgIpc) is 2.75. The first-order valence-electron chi connectivity index (χ1n) is 9.56. The smallest absolute Gasteiger partial charge is 0.294 e. The van der Waals surface area contributed by atoms with Gasteiger partial charge in [-0.15, -0.1) is 0 Å². The number of aromatic nitrogens is 1. The molecule has 0 aliphatic carbocycles. The third-order valence-corrected chi connectivity index (χ3v) is 4.80. The lowest BCUT2D eigenvalue weighted by Crippen LogP contribution is -3.00. The van der Waals surface area contributed by atoms with Gasteiger partial charge in [0.2, 0.25) is 18.3 Å². The Bertz CT molecular complexity index is 1030. The largest absolute Gasteiger partial charge is 1.00 e. The van der Waals surface area contributed by atoms with Gasteiger partial charge in [-0.05, 0) is 43.3 Å². The van der Waals surface area contributed by atoms with E-state index in [4.69, 9.17) is 4.74 Å². The van der Waals surface area contributed by atoms with Crippen molar-refractivity contribution in [3.05, 3.63) is 84.7 Å². The molecule has 0 bridgehead atoms. The first-order valence-corrected chi connectivity index (χ1v) is 9.56. The van der Waals surface area contributed by atoms with Crippen LogP contribution in [0.15, 0.2) is 79.0 Å². The van der Waals surface area contributed by atoms with E-state index in [1.807, 2.05) is 78.4 Å². The van der Waals surface area contributed by atoms with Gasteiger partial charge in [-0.25, -0.2) is 0 Å². The van der Waals surface area contributed by atoms with Gasteiger partial charge in [-0.3, -0.25) is 14.5 Å². The third kappa shape index (κ3) is 4.46. The molecule has 2 amide bonds. The van der Waals surface area contributed by atoms with Crippen LogP contribution in [0.4, 0.5) is 11.4 Å². The molecule has 1 aliphatic heterocycles. The molecule has 0 fully saturated rings. The number of ether oxygens (including phenoxy) is 1. The van der Waals surface area contributed by atoms with Crippen molar-refractivity contribution < 1.29 is 42.9 Å². The Labute approximate surface area is 192 Å². The highest BCUT2D eigenvalue weighted by Crippen LogP contribution is 2.30. The lowest BCUT2D eigenvalue weighted by molar-refractivity contribution is -0.695. The predicted octanol–water partition coefficient (Wildman–Crippen LogP) is 0.103. The number of fused-ring (bicyclic) bond motifs is 1. The summed E-state index contributed by atoms with van der Waals surface area (Å²) in [5, 5.41) is 2.94. The van der Waals surface area contributed by atoms with Crippen LogP contribution in [-0.4, -0.2) is 18.4 Å². The fourth-order valence-corrected chi connectivity index (χ4v) is 3.52. The van der Waals surface area contributed by atoms with Crippen LogP contribution in [0.3, 0.4) is 0 Å². The van der Waals surface area contributed by atoms with Gasteiger partial charge >= 0.3 is 0 Å². The summed E-state index contributed by atoms with van der Waals surface area (Å²) in [5.41, 5.74) is 2.10. The Morgan fingerprint density at radius 3 is 2.47 bits per heavy atom. The predicted molar refractivity (Wildman–Crippen MR) is 110 cm³/mol. The van der Waals surface area contributed by atoms with Gasteiger partial charge in [0.1, 0.15) is 5.75 Å². The second-order valence-corrected chi connectivity index (χ2v) is 6.70. The zero-order valence-electron chi connectivity index (χ0n) is 16.5. The highest BCUT2D eigenvalue weighted by atomic mass is 127. The summed E-state index contributed by atoms with van der Waals surface area (Å²) in [6, 6.07) is 21.3. The minimum Gasteiger partial charge on any atom is -1.00 e. The number of anilines is 2.